The number of non-ortho nitro benzene ring substituents is 1. The maximum Gasteiger partial charge on any atom is 0.269 e. The molecule has 0 unspecified atom stereocenters. The first-order valence-corrected chi connectivity index (χ1v) is 6.07. The zero-order valence-corrected chi connectivity index (χ0v) is 9.72. The number of hydrogen-bond acceptors (Lipinski definition) is 5. The van der Waals surface area contributed by atoms with E-state index in [9.17, 15) is 18.5 Å². The van der Waals surface area contributed by atoms with Crippen molar-refractivity contribution in [1.29, 1.82) is 5.26 Å². The molecule has 8 heteroatoms. The van der Waals surface area contributed by atoms with Crippen LogP contribution in [0.3, 0.4) is 0 Å². The highest BCUT2D eigenvalue weighted by atomic mass is 32.2. The summed E-state index contributed by atoms with van der Waals surface area (Å²) in [5, 5.41) is 18.8. The maximum absolute atomic E-state index is 11.5. The number of anilines is 1. The lowest BCUT2D eigenvalue weighted by Gasteiger charge is -2.17. The van der Waals surface area contributed by atoms with Gasteiger partial charge in [-0.25, -0.2) is 8.42 Å². The highest BCUT2D eigenvalue weighted by molar-refractivity contribution is 7.92. The van der Waals surface area contributed by atoms with Crippen molar-refractivity contribution in [2.75, 3.05) is 17.1 Å². The van der Waals surface area contributed by atoms with E-state index in [4.69, 9.17) is 5.26 Å². The van der Waals surface area contributed by atoms with Gasteiger partial charge in [0.1, 0.15) is 0 Å². The molecule has 1 rings (SSSR count). The molecule has 0 aliphatic carbocycles. The highest BCUT2D eigenvalue weighted by Gasteiger charge is 2.18. The fourth-order valence-electron chi connectivity index (χ4n) is 1.12. The molecule has 0 fully saturated rings. The Labute approximate surface area is 98.1 Å². The largest absolute Gasteiger partial charge is 0.272 e. The van der Waals surface area contributed by atoms with E-state index >= 15 is 0 Å². The molecular formula is C9H9N3O4S. The van der Waals surface area contributed by atoms with Crippen LogP contribution in [0.1, 0.15) is 0 Å². The van der Waals surface area contributed by atoms with Crippen molar-refractivity contribution >= 4 is 21.4 Å². The molecule has 0 aliphatic heterocycles. The normalized spacial score (nSPS) is 10.6. The third-order valence-corrected chi connectivity index (χ3v) is 3.63. The fraction of sp³-hybridized carbons (Fsp3) is 0.222. The van der Waals surface area contributed by atoms with Crippen LogP contribution in [-0.2, 0) is 10.0 Å². The lowest BCUT2D eigenvalue weighted by atomic mass is 10.3. The van der Waals surface area contributed by atoms with E-state index in [1.54, 1.807) is 6.07 Å². The topological polar surface area (TPSA) is 104 Å². The second-order valence-corrected chi connectivity index (χ2v) is 5.16. The van der Waals surface area contributed by atoms with Gasteiger partial charge in [0.25, 0.3) is 5.69 Å². The Balaban J connectivity index is 3.03. The van der Waals surface area contributed by atoms with Crippen LogP contribution in [-0.4, -0.2) is 26.1 Å². The van der Waals surface area contributed by atoms with Gasteiger partial charge in [-0.2, -0.15) is 5.26 Å². The second kappa shape index (κ2) is 4.80. The number of rotatable bonds is 4. The number of nitriles is 1. The first-order valence-electron chi connectivity index (χ1n) is 4.46. The molecule has 0 saturated carbocycles. The molecule has 0 aromatic heterocycles. The first kappa shape index (κ1) is 12.9. The minimum absolute atomic E-state index is 0.125. The molecule has 0 radical (unpaired) electrons. The van der Waals surface area contributed by atoms with Crippen molar-refractivity contribution in [3.63, 3.8) is 0 Å². The van der Waals surface area contributed by atoms with E-state index in [0.717, 1.165) is 4.31 Å². The minimum Gasteiger partial charge on any atom is -0.272 e. The summed E-state index contributed by atoms with van der Waals surface area (Å²) in [7, 11) is -2.41. The van der Waals surface area contributed by atoms with Gasteiger partial charge in [-0.05, 0) is 12.1 Å². The first-order chi connectivity index (χ1) is 7.88. The van der Waals surface area contributed by atoms with Crippen LogP contribution in [0.4, 0.5) is 11.4 Å². The van der Waals surface area contributed by atoms with Crippen LogP contribution < -0.4 is 4.31 Å². The maximum atomic E-state index is 11.5. The lowest BCUT2D eigenvalue weighted by molar-refractivity contribution is -0.384. The Bertz CT molecular complexity index is 559. The Morgan fingerprint density at radius 2 is 1.94 bits per heavy atom. The van der Waals surface area contributed by atoms with Gasteiger partial charge in [0.15, 0.2) is 5.75 Å². The van der Waals surface area contributed by atoms with E-state index in [0.29, 0.717) is 0 Å². The minimum atomic E-state index is -3.69. The Kier molecular flexibility index (Phi) is 3.65. The molecule has 90 valence electrons. The van der Waals surface area contributed by atoms with E-state index in [1.807, 2.05) is 0 Å². The van der Waals surface area contributed by atoms with Crippen molar-refractivity contribution in [1.82, 2.24) is 0 Å². The number of sulfonamides is 1. The molecule has 17 heavy (non-hydrogen) atoms. The van der Waals surface area contributed by atoms with Gasteiger partial charge in [-0.1, -0.05) is 0 Å². The zero-order chi connectivity index (χ0) is 13.1. The van der Waals surface area contributed by atoms with Gasteiger partial charge in [0, 0.05) is 19.2 Å². The number of hydrogen-bond donors (Lipinski definition) is 0. The molecule has 0 aliphatic rings. The van der Waals surface area contributed by atoms with Crippen LogP contribution in [0.2, 0.25) is 0 Å². The number of benzene rings is 1. The zero-order valence-electron chi connectivity index (χ0n) is 8.90. The molecule has 0 N–H and O–H groups in total. The number of nitro groups is 1. The predicted molar refractivity (Wildman–Crippen MR) is 60.9 cm³/mol. The number of nitrogens with zero attached hydrogens (tertiary/aromatic N) is 3. The number of nitro benzene ring substituents is 1. The van der Waals surface area contributed by atoms with Gasteiger partial charge in [-0.3, -0.25) is 14.4 Å². The summed E-state index contributed by atoms with van der Waals surface area (Å²) in [6.07, 6.45) is 0. The van der Waals surface area contributed by atoms with Crippen LogP contribution >= 0.6 is 0 Å². The standard InChI is InChI=1S/C9H9N3O4S/c1-11(17(15,16)7-6-10)8-2-4-9(5-3-8)12(13)14/h2-5H,7H2,1H3. The van der Waals surface area contributed by atoms with E-state index in [2.05, 4.69) is 0 Å². The Morgan fingerprint density at radius 1 is 1.41 bits per heavy atom. The van der Waals surface area contributed by atoms with Crippen molar-refractivity contribution in [3.8, 4) is 6.07 Å². The van der Waals surface area contributed by atoms with Gasteiger partial charge in [0.05, 0.1) is 16.7 Å². The highest BCUT2D eigenvalue weighted by Crippen LogP contribution is 2.20. The van der Waals surface area contributed by atoms with E-state index < -0.39 is 20.7 Å². The van der Waals surface area contributed by atoms with Crippen LogP contribution in [0.5, 0.6) is 0 Å². The predicted octanol–water partition coefficient (Wildman–Crippen LogP) is 0.884. The van der Waals surface area contributed by atoms with Gasteiger partial charge < -0.3 is 0 Å². The molecule has 0 atom stereocenters. The van der Waals surface area contributed by atoms with E-state index in [1.165, 1.54) is 31.3 Å². The Hall–Kier alpha value is -2.14. The quantitative estimate of drug-likeness (QED) is 0.586. The lowest BCUT2D eigenvalue weighted by Crippen LogP contribution is -2.28. The van der Waals surface area contributed by atoms with Crippen LogP contribution in [0.15, 0.2) is 24.3 Å². The molecule has 0 bridgehead atoms. The van der Waals surface area contributed by atoms with Crippen molar-refractivity contribution in [3.05, 3.63) is 34.4 Å². The monoisotopic (exact) mass is 255 g/mol. The van der Waals surface area contributed by atoms with Crippen LogP contribution in [0, 0.1) is 21.4 Å². The van der Waals surface area contributed by atoms with Gasteiger partial charge in [-0.15, -0.1) is 0 Å². The summed E-state index contributed by atoms with van der Waals surface area (Å²) in [6.45, 7) is 0. The summed E-state index contributed by atoms with van der Waals surface area (Å²) in [5.41, 5.74) is 0.144. The van der Waals surface area contributed by atoms with Crippen molar-refractivity contribution in [2.45, 2.75) is 0 Å². The summed E-state index contributed by atoms with van der Waals surface area (Å²) in [5.74, 6) is -0.638. The average Bonchev–Trinajstić information content (AvgIpc) is 2.28. The molecule has 0 heterocycles. The smallest absolute Gasteiger partial charge is 0.269 e. The summed E-state index contributed by atoms with van der Waals surface area (Å²) in [6, 6.07) is 6.58. The molecule has 0 amide bonds. The summed E-state index contributed by atoms with van der Waals surface area (Å²) >= 11 is 0. The molecule has 1 aromatic carbocycles. The van der Waals surface area contributed by atoms with Gasteiger partial charge in [0.2, 0.25) is 10.0 Å². The molecular weight excluding hydrogens is 246 g/mol. The second-order valence-electron chi connectivity index (χ2n) is 3.16. The van der Waals surface area contributed by atoms with Crippen molar-refractivity contribution < 1.29 is 13.3 Å². The third-order valence-electron chi connectivity index (χ3n) is 2.09. The van der Waals surface area contributed by atoms with E-state index in [-0.39, 0.29) is 11.4 Å². The SMILES string of the molecule is CN(c1ccc([N+](=O)[O-])cc1)S(=O)(=O)CC#N. The van der Waals surface area contributed by atoms with Crippen LogP contribution in [0.25, 0.3) is 0 Å². The third kappa shape index (κ3) is 2.92. The average molecular weight is 255 g/mol. The summed E-state index contributed by atoms with van der Waals surface area (Å²) < 4.78 is 24.0. The molecule has 1 aromatic rings. The molecule has 7 nitrogen and oxygen atoms in total. The van der Waals surface area contributed by atoms with Crippen molar-refractivity contribution in [2.24, 2.45) is 0 Å². The Morgan fingerprint density at radius 3 is 2.35 bits per heavy atom. The molecule has 0 saturated heterocycles. The fourth-order valence-corrected chi connectivity index (χ4v) is 1.92. The molecule has 0 spiro atoms. The summed E-state index contributed by atoms with van der Waals surface area (Å²) in [4.78, 5) is 9.84. The van der Waals surface area contributed by atoms with Gasteiger partial charge >= 0.3 is 0 Å².